The van der Waals surface area contributed by atoms with Gasteiger partial charge in [-0.05, 0) is 42.0 Å². The van der Waals surface area contributed by atoms with Crippen LogP contribution in [-0.4, -0.2) is 41.8 Å². The number of alkyl carbamates (subject to hydrolysis) is 1. The third-order valence-electron chi connectivity index (χ3n) is 5.48. The third kappa shape index (κ3) is 5.55. The molecule has 2 aromatic rings. The summed E-state index contributed by atoms with van der Waals surface area (Å²) < 4.78 is 5.52. The van der Waals surface area contributed by atoms with Crippen molar-refractivity contribution >= 4 is 18.0 Å². The van der Waals surface area contributed by atoms with Crippen LogP contribution in [0, 0.1) is 0 Å². The molecule has 0 spiro atoms. The lowest BCUT2D eigenvalue weighted by molar-refractivity contribution is -0.137. The van der Waals surface area contributed by atoms with Gasteiger partial charge in [-0.1, -0.05) is 54.6 Å². The van der Waals surface area contributed by atoms with Crippen LogP contribution < -0.4 is 10.6 Å². The lowest BCUT2D eigenvalue weighted by Crippen LogP contribution is -2.49. The monoisotopic (exact) mass is 436 g/mol. The van der Waals surface area contributed by atoms with Crippen LogP contribution in [0.25, 0.3) is 11.1 Å². The van der Waals surface area contributed by atoms with Gasteiger partial charge < -0.3 is 20.5 Å². The number of carboxylic acid groups (broad SMARTS) is 1. The second-order valence-corrected chi connectivity index (χ2v) is 7.90. The molecule has 0 radical (unpaired) electrons. The molecule has 168 valence electrons. The highest BCUT2D eigenvalue weighted by molar-refractivity contribution is 5.86. The topological polar surface area (TPSA) is 105 Å². The van der Waals surface area contributed by atoms with E-state index in [1.54, 1.807) is 13.0 Å². The first kappa shape index (κ1) is 23.1. The fraction of sp³-hybridized carbons (Fsp3) is 0.320. The summed E-state index contributed by atoms with van der Waals surface area (Å²) in [7, 11) is 0. The number of hydrogen-bond acceptors (Lipinski definition) is 4. The number of hydrogen-bond donors (Lipinski definition) is 3. The zero-order valence-electron chi connectivity index (χ0n) is 18.0. The molecule has 7 nitrogen and oxygen atoms in total. The Labute approximate surface area is 187 Å². The van der Waals surface area contributed by atoms with E-state index >= 15 is 0 Å². The number of nitrogens with one attached hydrogen (secondary N) is 2. The van der Waals surface area contributed by atoms with Gasteiger partial charge in [-0.2, -0.15) is 0 Å². The summed E-state index contributed by atoms with van der Waals surface area (Å²) in [5.41, 5.74) is 4.47. The van der Waals surface area contributed by atoms with Crippen LogP contribution >= 0.6 is 0 Å². The minimum absolute atomic E-state index is 0.0795. The molecule has 1 aliphatic carbocycles. The molecular formula is C25H28N2O5. The average molecular weight is 437 g/mol. The quantitative estimate of drug-likeness (QED) is 0.491. The molecule has 1 unspecified atom stereocenters. The standard InChI is InChI=1S/C25H28N2O5/c1-3-4-13-22(24(30)26-16(2)14-23(28)29)27-25(31)32-15-21-19-11-7-5-9-17(19)18-10-6-8-12-20(18)21/h3,5-12,16,21-22H,1,4,13-15H2,2H3,(H,26,30)(H,27,31)(H,28,29)/t16-,22?/m1/s1. The van der Waals surface area contributed by atoms with Crippen molar-refractivity contribution in [1.82, 2.24) is 10.6 Å². The number of ether oxygens (including phenoxy) is 1. The molecular weight excluding hydrogens is 408 g/mol. The average Bonchev–Trinajstić information content (AvgIpc) is 3.08. The fourth-order valence-electron chi connectivity index (χ4n) is 3.99. The normalized spacial score (nSPS) is 13.9. The van der Waals surface area contributed by atoms with Crippen molar-refractivity contribution in [2.75, 3.05) is 6.61 Å². The van der Waals surface area contributed by atoms with Gasteiger partial charge in [-0.15, -0.1) is 6.58 Å². The molecule has 2 aromatic carbocycles. The van der Waals surface area contributed by atoms with E-state index in [0.29, 0.717) is 12.8 Å². The minimum atomic E-state index is -1.01. The van der Waals surface area contributed by atoms with E-state index in [1.807, 2.05) is 36.4 Å². The maximum Gasteiger partial charge on any atom is 0.407 e. The molecule has 0 bridgehead atoms. The molecule has 0 heterocycles. The van der Waals surface area contributed by atoms with E-state index in [0.717, 1.165) is 22.3 Å². The van der Waals surface area contributed by atoms with Gasteiger partial charge >= 0.3 is 12.1 Å². The van der Waals surface area contributed by atoms with Crippen LogP contribution in [0.4, 0.5) is 4.79 Å². The summed E-state index contributed by atoms with van der Waals surface area (Å²) >= 11 is 0. The first-order valence-electron chi connectivity index (χ1n) is 10.6. The van der Waals surface area contributed by atoms with Crippen molar-refractivity contribution < 1.29 is 24.2 Å². The third-order valence-corrected chi connectivity index (χ3v) is 5.48. The lowest BCUT2D eigenvalue weighted by atomic mass is 9.98. The number of allylic oxidation sites excluding steroid dienone is 1. The molecule has 0 aromatic heterocycles. The highest BCUT2D eigenvalue weighted by Gasteiger charge is 2.30. The van der Waals surface area contributed by atoms with Crippen molar-refractivity contribution in [3.63, 3.8) is 0 Å². The van der Waals surface area contributed by atoms with E-state index in [2.05, 4.69) is 29.3 Å². The summed E-state index contributed by atoms with van der Waals surface area (Å²) in [5, 5.41) is 14.1. The number of aliphatic carboxylic acids is 1. The lowest BCUT2D eigenvalue weighted by Gasteiger charge is -2.21. The molecule has 3 N–H and O–H groups in total. The summed E-state index contributed by atoms with van der Waals surface area (Å²) in [4.78, 5) is 35.9. The van der Waals surface area contributed by atoms with Crippen LogP contribution in [0.1, 0.15) is 43.2 Å². The van der Waals surface area contributed by atoms with Gasteiger partial charge in [-0.25, -0.2) is 4.79 Å². The van der Waals surface area contributed by atoms with Gasteiger partial charge in [0.05, 0.1) is 6.42 Å². The maximum absolute atomic E-state index is 12.6. The molecule has 0 saturated heterocycles. The van der Waals surface area contributed by atoms with Gasteiger partial charge in [0.2, 0.25) is 5.91 Å². The smallest absolute Gasteiger partial charge is 0.407 e. The number of carbonyl (C=O) groups excluding carboxylic acids is 2. The van der Waals surface area contributed by atoms with Crippen LogP contribution in [-0.2, 0) is 14.3 Å². The second kappa shape index (κ2) is 10.6. The Morgan fingerprint density at radius 2 is 1.66 bits per heavy atom. The molecule has 0 fully saturated rings. The van der Waals surface area contributed by atoms with Crippen LogP contribution in [0.3, 0.4) is 0 Å². The molecule has 0 aliphatic heterocycles. The van der Waals surface area contributed by atoms with Gasteiger partial charge in [-0.3, -0.25) is 9.59 Å². The number of benzene rings is 2. The largest absolute Gasteiger partial charge is 0.481 e. The van der Waals surface area contributed by atoms with Gasteiger partial charge in [0.25, 0.3) is 0 Å². The Morgan fingerprint density at radius 1 is 1.06 bits per heavy atom. The number of rotatable bonds is 10. The summed E-state index contributed by atoms with van der Waals surface area (Å²) in [6.45, 7) is 5.39. The van der Waals surface area contributed by atoms with Crippen molar-refractivity contribution in [2.45, 2.75) is 44.2 Å². The van der Waals surface area contributed by atoms with Gasteiger partial charge in [0, 0.05) is 12.0 Å². The van der Waals surface area contributed by atoms with Crippen molar-refractivity contribution in [1.29, 1.82) is 0 Å². The predicted octanol–water partition coefficient (Wildman–Crippen LogP) is 3.84. The SMILES string of the molecule is C=CCCC(NC(=O)OCC1c2ccccc2-c2ccccc21)C(=O)N[C@H](C)CC(=O)O. The number of carboxylic acids is 1. The van der Waals surface area contributed by atoms with Crippen LogP contribution in [0.2, 0.25) is 0 Å². The second-order valence-electron chi connectivity index (χ2n) is 7.90. The summed E-state index contributed by atoms with van der Waals surface area (Å²) in [5.74, 6) is -1.54. The van der Waals surface area contributed by atoms with Crippen LogP contribution in [0.5, 0.6) is 0 Å². The summed E-state index contributed by atoms with van der Waals surface area (Å²) in [6.07, 6.45) is 1.60. The Kier molecular flexibility index (Phi) is 7.65. The Bertz CT molecular complexity index is 958. The van der Waals surface area contributed by atoms with Crippen molar-refractivity contribution in [3.05, 3.63) is 72.3 Å². The first-order chi connectivity index (χ1) is 15.4. The van der Waals surface area contributed by atoms with E-state index in [1.165, 1.54) is 0 Å². The van der Waals surface area contributed by atoms with E-state index in [4.69, 9.17) is 9.84 Å². The maximum atomic E-state index is 12.6. The molecule has 32 heavy (non-hydrogen) atoms. The van der Waals surface area contributed by atoms with Crippen molar-refractivity contribution in [3.8, 4) is 11.1 Å². The molecule has 3 rings (SSSR count). The van der Waals surface area contributed by atoms with Crippen molar-refractivity contribution in [2.24, 2.45) is 0 Å². The molecule has 7 heteroatoms. The molecule has 2 amide bonds. The number of amides is 2. The molecule has 1 aliphatic rings. The zero-order valence-corrected chi connectivity index (χ0v) is 18.0. The number of carbonyl (C=O) groups is 3. The highest BCUT2D eigenvalue weighted by atomic mass is 16.5. The van der Waals surface area contributed by atoms with E-state index in [-0.39, 0.29) is 18.9 Å². The minimum Gasteiger partial charge on any atom is -0.481 e. The Balaban J connectivity index is 1.63. The predicted molar refractivity (Wildman–Crippen MR) is 121 cm³/mol. The van der Waals surface area contributed by atoms with Gasteiger partial charge in [0.15, 0.2) is 0 Å². The van der Waals surface area contributed by atoms with E-state index in [9.17, 15) is 14.4 Å². The van der Waals surface area contributed by atoms with E-state index < -0.39 is 30.1 Å². The highest BCUT2D eigenvalue weighted by Crippen LogP contribution is 2.44. The van der Waals surface area contributed by atoms with Crippen LogP contribution in [0.15, 0.2) is 61.2 Å². The van der Waals surface area contributed by atoms with Gasteiger partial charge in [0.1, 0.15) is 12.6 Å². The zero-order chi connectivity index (χ0) is 23.1. The fourth-order valence-corrected chi connectivity index (χ4v) is 3.99. The Morgan fingerprint density at radius 3 is 2.22 bits per heavy atom. The summed E-state index contributed by atoms with van der Waals surface area (Å²) in [6, 6.07) is 14.7. The molecule has 2 atom stereocenters. The first-order valence-corrected chi connectivity index (χ1v) is 10.6. The number of fused-ring (bicyclic) bond motifs is 3. The Hall–Kier alpha value is -3.61. The molecule has 0 saturated carbocycles.